The van der Waals surface area contributed by atoms with E-state index in [4.69, 9.17) is 9.26 Å². The standard InChI is InChI=1S/C23H29F4O3P/c1-2-3-4-5-6-10-20-19(21(24)14-22(20)30-31)12-11-17(28)15-29-18-9-7-8-16(13-18)23(25,26)27/h4-5,7-9,11-13,19-22H,2-3,6,10,14-15,31H2,1H3/b5-4+,12-11+. The summed E-state index contributed by atoms with van der Waals surface area (Å²) in [5.74, 6) is -1.01. The summed E-state index contributed by atoms with van der Waals surface area (Å²) in [7, 11) is 2.20. The molecule has 0 amide bonds. The van der Waals surface area contributed by atoms with Gasteiger partial charge in [-0.05, 0) is 49.5 Å². The molecule has 172 valence electrons. The summed E-state index contributed by atoms with van der Waals surface area (Å²) < 4.78 is 63.4. The molecule has 8 heteroatoms. The minimum atomic E-state index is -4.49. The number of hydrogen-bond acceptors (Lipinski definition) is 3. The molecule has 3 nitrogen and oxygen atoms in total. The highest BCUT2D eigenvalue weighted by Crippen LogP contribution is 2.41. The zero-order valence-electron chi connectivity index (χ0n) is 17.5. The molecule has 0 heterocycles. The summed E-state index contributed by atoms with van der Waals surface area (Å²) in [6.07, 6.45) is 5.03. The molecule has 1 aromatic carbocycles. The van der Waals surface area contributed by atoms with Gasteiger partial charge in [0.15, 0.2) is 12.4 Å². The summed E-state index contributed by atoms with van der Waals surface area (Å²) >= 11 is 0. The normalized spacial score (nSPS) is 24.3. The molecule has 1 saturated carbocycles. The van der Waals surface area contributed by atoms with Crippen molar-refractivity contribution in [3.8, 4) is 5.75 Å². The van der Waals surface area contributed by atoms with E-state index in [2.05, 4.69) is 28.5 Å². The number of alkyl halides is 4. The first-order valence-electron chi connectivity index (χ1n) is 10.4. The van der Waals surface area contributed by atoms with Gasteiger partial charge in [-0.3, -0.25) is 4.79 Å². The molecular formula is C23H29F4O3P. The van der Waals surface area contributed by atoms with E-state index in [1.165, 1.54) is 18.2 Å². The smallest absolute Gasteiger partial charge is 0.416 e. The van der Waals surface area contributed by atoms with E-state index in [9.17, 15) is 22.4 Å². The van der Waals surface area contributed by atoms with Crippen molar-refractivity contribution in [3.63, 3.8) is 0 Å². The molecule has 1 aliphatic rings. The molecule has 1 fully saturated rings. The lowest BCUT2D eigenvalue weighted by atomic mass is 9.89. The predicted octanol–water partition coefficient (Wildman–Crippen LogP) is 6.50. The van der Waals surface area contributed by atoms with Crippen LogP contribution >= 0.6 is 9.47 Å². The van der Waals surface area contributed by atoms with Crippen LogP contribution < -0.4 is 4.74 Å². The molecule has 5 atom stereocenters. The zero-order valence-corrected chi connectivity index (χ0v) is 18.6. The summed E-state index contributed by atoms with van der Waals surface area (Å²) in [4.78, 5) is 12.1. The van der Waals surface area contributed by atoms with Crippen LogP contribution in [0.15, 0.2) is 48.6 Å². The number of rotatable bonds is 11. The molecule has 5 unspecified atom stereocenters. The van der Waals surface area contributed by atoms with Crippen LogP contribution in [-0.4, -0.2) is 24.7 Å². The lowest BCUT2D eigenvalue weighted by Gasteiger charge is -2.21. The average molecular weight is 460 g/mol. The van der Waals surface area contributed by atoms with Crippen LogP contribution in [0.25, 0.3) is 0 Å². The Kier molecular flexibility index (Phi) is 10.2. The van der Waals surface area contributed by atoms with Crippen molar-refractivity contribution in [3.05, 3.63) is 54.1 Å². The van der Waals surface area contributed by atoms with Gasteiger partial charge in [0.25, 0.3) is 0 Å². The minimum Gasteiger partial charge on any atom is -0.485 e. The number of halogens is 4. The fourth-order valence-corrected chi connectivity index (χ4v) is 4.06. The highest BCUT2D eigenvalue weighted by atomic mass is 31.0. The van der Waals surface area contributed by atoms with Crippen LogP contribution in [0.5, 0.6) is 5.75 Å². The highest BCUT2D eigenvalue weighted by Gasteiger charge is 2.42. The van der Waals surface area contributed by atoms with Crippen molar-refractivity contribution < 1.29 is 31.6 Å². The summed E-state index contributed by atoms with van der Waals surface area (Å²) in [5, 5.41) is 0. The van der Waals surface area contributed by atoms with Crippen LogP contribution in [0.1, 0.15) is 44.6 Å². The van der Waals surface area contributed by atoms with Gasteiger partial charge in [-0.2, -0.15) is 13.2 Å². The molecule has 31 heavy (non-hydrogen) atoms. The van der Waals surface area contributed by atoms with Crippen LogP contribution in [0.3, 0.4) is 0 Å². The molecule has 0 aromatic heterocycles. The lowest BCUT2D eigenvalue weighted by Crippen LogP contribution is -2.20. The second-order valence-corrected chi connectivity index (χ2v) is 7.92. The highest BCUT2D eigenvalue weighted by molar-refractivity contribution is 7.09. The Morgan fingerprint density at radius 1 is 1.26 bits per heavy atom. The van der Waals surface area contributed by atoms with Gasteiger partial charge >= 0.3 is 6.18 Å². The Labute approximate surface area is 183 Å². The first kappa shape index (κ1) is 25.5. The van der Waals surface area contributed by atoms with Crippen molar-refractivity contribution in [1.29, 1.82) is 0 Å². The second kappa shape index (κ2) is 12.4. The Balaban J connectivity index is 1.94. The van der Waals surface area contributed by atoms with E-state index >= 15 is 0 Å². The minimum absolute atomic E-state index is 0.0472. The third-order valence-electron chi connectivity index (χ3n) is 5.36. The van der Waals surface area contributed by atoms with Gasteiger partial charge in [-0.25, -0.2) is 4.39 Å². The average Bonchev–Trinajstić information content (AvgIpc) is 3.04. The first-order chi connectivity index (χ1) is 14.8. The first-order valence-corrected chi connectivity index (χ1v) is 10.9. The predicted molar refractivity (Wildman–Crippen MR) is 115 cm³/mol. The van der Waals surface area contributed by atoms with E-state index in [0.717, 1.165) is 37.8 Å². The Morgan fingerprint density at radius 3 is 2.68 bits per heavy atom. The van der Waals surface area contributed by atoms with Gasteiger partial charge in [0.2, 0.25) is 0 Å². The van der Waals surface area contributed by atoms with Crippen LogP contribution in [-0.2, 0) is 15.5 Å². The Hall–Kier alpha value is -1.72. The molecule has 2 rings (SSSR count). The van der Waals surface area contributed by atoms with Crippen LogP contribution in [0.2, 0.25) is 0 Å². The summed E-state index contributed by atoms with van der Waals surface area (Å²) in [5.41, 5.74) is -0.849. The van der Waals surface area contributed by atoms with Crippen molar-refractivity contribution in [2.24, 2.45) is 11.8 Å². The van der Waals surface area contributed by atoms with Gasteiger partial charge in [0.05, 0.1) is 11.7 Å². The third-order valence-corrected chi connectivity index (χ3v) is 5.71. The fraction of sp³-hybridized carbons (Fsp3) is 0.522. The van der Waals surface area contributed by atoms with Gasteiger partial charge in [0, 0.05) is 21.8 Å². The topological polar surface area (TPSA) is 35.5 Å². The van der Waals surface area contributed by atoms with E-state index in [-0.39, 0.29) is 24.2 Å². The number of carbonyl (C=O) groups is 1. The molecular weight excluding hydrogens is 431 g/mol. The number of carbonyl (C=O) groups excluding carboxylic acids is 1. The largest absolute Gasteiger partial charge is 0.485 e. The van der Waals surface area contributed by atoms with E-state index in [1.807, 2.05) is 0 Å². The zero-order chi connectivity index (χ0) is 22.9. The maximum absolute atomic E-state index is 14.6. The van der Waals surface area contributed by atoms with E-state index in [1.54, 1.807) is 6.08 Å². The maximum Gasteiger partial charge on any atom is 0.416 e. The summed E-state index contributed by atoms with van der Waals surface area (Å²) in [6, 6.07) is 4.34. The number of ether oxygens (including phenoxy) is 1. The van der Waals surface area contributed by atoms with Gasteiger partial charge in [-0.1, -0.05) is 37.6 Å². The van der Waals surface area contributed by atoms with Crippen molar-refractivity contribution in [2.45, 2.75) is 57.5 Å². The van der Waals surface area contributed by atoms with Crippen molar-refractivity contribution in [1.82, 2.24) is 0 Å². The number of hydrogen-bond donors (Lipinski definition) is 0. The number of ketones is 1. The summed E-state index contributed by atoms with van der Waals surface area (Å²) in [6.45, 7) is 1.68. The third kappa shape index (κ3) is 8.04. The maximum atomic E-state index is 14.6. The molecule has 1 aliphatic carbocycles. The van der Waals surface area contributed by atoms with Gasteiger partial charge in [-0.15, -0.1) is 0 Å². The molecule has 0 spiro atoms. The van der Waals surface area contributed by atoms with Gasteiger partial charge < -0.3 is 9.26 Å². The molecule has 0 radical (unpaired) electrons. The quantitative estimate of drug-likeness (QED) is 0.164. The van der Waals surface area contributed by atoms with Crippen molar-refractivity contribution >= 4 is 15.2 Å². The van der Waals surface area contributed by atoms with Crippen LogP contribution in [0.4, 0.5) is 17.6 Å². The Morgan fingerprint density at radius 2 is 2.00 bits per heavy atom. The number of allylic oxidation sites excluding steroid dienone is 3. The molecule has 0 N–H and O–H groups in total. The van der Waals surface area contributed by atoms with Crippen LogP contribution in [0, 0.1) is 11.8 Å². The molecule has 1 aromatic rings. The lowest BCUT2D eigenvalue weighted by molar-refractivity contribution is -0.137. The van der Waals surface area contributed by atoms with Crippen molar-refractivity contribution in [2.75, 3.05) is 6.61 Å². The molecule has 0 aliphatic heterocycles. The van der Waals surface area contributed by atoms with Gasteiger partial charge in [0.1, 0.15) is 11.9 Å². The van der Waals surface area contributed by atoms with E-state index < -0.39 is 36.2 Å². The molecule has 0 saturated heterocycles. The SMILES string of the molecule is CCC/C=C/CCC1C(OP)CC(F)C1/C=C/C(=O)COc1cccc(C(F)(F)F)c1. The van der Waals surface area contributed by atoms with E-state index in [0.29, 0.717) is 0 Å². The Bertz CT molecular complexity index is 763. The molecule has 0 bridgehead atoms. The second-order valence-electron chi connectivity index (χ2n) is 7.64. The monoisotopic (exact) mass is 460 g/mol. The fourth-order valence-electron chi connectivity index (χ4n) is 3.74. The number of benzene rings is 1. The number of unbranched alkanes of at least 4 members (excludes halogenated alkanes) is 1.